The van der Waals surface area contributed by atoms with Gasteiger partial charge in [0.15, 0.2) is 0 Å². The van der Waals surface area contributed by atoms with Gasteiger partial charge in [-0.1, -0.05) is 6.07 Å². The molecule has 24 heavy (non-hydrogen) atoms. The van der Waals surface area contributed by atoms with Crippen LogP contribution in [-0.4, -0.2) is 37.9 Å². The summed E-state index contributed by atoms with van der Waals surface area (Å²) in [6, 6.07) is 7.27. The molecule has 1 aliphatic rings. The van der Waals surface area contributed by atoms with Crippen molar-refractivity contribution < 1.29 is 22.1 Å². The third-order valence-corrected chi connectivity index (χ3v) is 8.31. The second kappa shape index (κ2) is 9.69. The number of aryl methyl sites for hydroxylation is 1. The molecule has 2 rings (SSSR count). The molecule has 0 bridgehead atoms. The van der Waals surface area contributed by atoms with Gasteiger partial charge in [-0.3, -0.25) is 0 Å². The second-order valence-corrected chi connectivity index (χ2v) is 10.2. The maximum absolute atomic E-state index is 5.91. The Labute approximate surface area is 148 Å². The molecular weight excluding hydrogens is 340 g/mol. The summed E-state index contributed by atoms with van der Waals surface area (Å²) >= 11 is 0. The van der Waals surface area contributed by atoms with Crippen molar-refractivity contribution in [1.82, 2.24) is 0 Å². The van der Waals surface area contributed by atoms with E-state index in [-0.39, 0.29) is 0 Å². The van der Waals surface area contributed by atoms with Crippen molar-refractivity contribution in [3.05, 3.63) is 29.3 Å². The molecule has 5 nitrogen and oxygen atoms in total. The molecule has 1 unspecified atom stereocenters. The number of rotatable bonds is 10. The molecule has 1 aliphatic heterocycles. The molecule has 0 aromatic heterocycles. The van der Waals surface area contributed by atoms with Crippen LogP contribution in [0.1, 0.15) is 38.3 Å². The summed E-state index contributed by atoms with van der Waals surface area (Å²) in [7, 11) is -3.99. The molecule has 0 saturated heterocycles. The van der Waals surface area contributed by atoms with E-state index < -0.39 is 18.1 Å². The van der Waals surface area contributed by atoms with E-state index in [0.717, 1.165) is 30.2 Å². The van der Waals surface area contributed by atoms with Gasteiger partial charge in [0.1, 0.15) is 5.75 Å². The van der Waals surface area contributed by atoms with Crippen molar-refractivity contribution >= 4 is 18.1 Å². The first kappa shape index (κ1) is 19.6. The van der Waals surface area contributed by atoms with E-state index >= 15 is 0 Å². The van der Waals surface area contributed by atoms with Gasteiger partial charge < -0.3 is 22.1 Å². The summed E-state index contributed by atoms with van der Waals surface area (Å²) < 4.78 is 29.2. The fraction of sp³-hybridized carbons (Fsp3) is 0.647. The molecule has 0 N–H and O–H groups in total. The van der Waals surface area contributed by atoms with Crippen molar-refractivity contribution in [1.29, 1.82) is 0 Å². The SMILES string of the molecule is CCO[Si](CCCc1ccc2c(c1)CO[SiH](C)O2)(OCC)OCC. The molecule has 1 aromatic carbocycles. The molecule has 7 heteroatoms. The lowest BCUT2D eigenvalue weighted by Gasteiger charge is -2.28. The minimum atomic E-state index is -2.53. The lowest BCUT2D eigenvalue weighted by atomic mass is 10.1. The number of hydrogen-bond acceptors (Lipinski definition) is 5. The Morgan fingerprint density at radius 1 is 1.08 bits per heavy atom. The van der Waals surface area contributed by atoms with E-state index in [2.05, 4.69) is 24.7 Å². The van der Waals surface area contributed by atoms with E-state index in [1.54, 1.807) is 0 Å². The van der Waals surface area contributed by atoms with Gasteiger partial charge in [0.05, 0.1) is 6.61 Å². The lowest BCUT2D eigenvalue weighted by Crippen LogP contribution is -2.46. The van der Waals surface area contributed by atoms with E-state index in [4.69, 9.17) is 22.1 Å². The summed E-state index contributed by atoms with van der Waals surface area (Å²) in [5.41, 5.74) is 2.45. The summed E-state index contributed by atoms with van der Waals surface area (Å²) in [4.78, 5) is 0. The summed E-state index contributed by atoms with van der Waals surface area (Å²) in [6.07, 6.45) is 1.96. The smallest absolute Gasteiger partial charge is 0.500 e. The first-order valence-electron chi connectivity index (χ1n) is 8.94. The molecule has 0 amide bonds. The van der Waals surface area contributed by atoms with Crippen LogP contribution in [0.4, 0.5) is 0 Å². The van der Waals surface area contributed by atoms with E-state index in [0.29, 0.717) is 26.4 Å². The van der Waals surface area contributed by atoms with Crippen LogP contribution >= 0.6 is 0 Å². The minimum absolute atomic E-state index is 0.627. The monoisotopic (exact) mass is 370 g/mol. The highest BCUT2D eigenvalue weighted by molar-refractivity contribution is 6.60. The number of hydrogen-bond donors (Lipinski definition) is 0. The van der Waals surface area contributed by atoms with Gasteiger partial charge >= 0.3 is 18.1 Å². The average Bonchev–Trinajstić information content (AvgIpc) is 2.56. The summed E-state index contributed by atoms with van der Waals surface area (Å²) in [5.74, 6) is 0.992. The average molecular weight is 371 g/mol. The van der Waals surface area contributed by atoms with Crippen LogP contribution in [0.5, 0.6) is 5.75 Å². The zero-order valence-corrected chi connectivity index (χ0v) is 17.5. The topological polar surface area (TPSA) is 46.2 Å². The van der Waals surface area contributed by atoms with Gasteiger partial charge in [-0.2, -0.15) is 0 Å². The van der Waals surface area contributed by atoms with Crippen molar-refractivity contribution in [3.8, 4) is 5.75 Å². The standard InChI is InChI=1S/C17H30O5Si2/c1-5-19-24(20-6-2,21-7-3)12-8-9-15-10-11-17-16(13-15)14-18-23(4)22-17/h10-11,13,23H,5-9,12,14H2,1-4H3. The summed E-state index contributed by atoms with van der Waals surface area (Å²) in [6.45, 7) is 10.6. The van der Waals surface area contributed by atoms with Crippen LogP contribution in [0.3, 0.4) is 0 Å². The normalized spacial score (nSPS) is 17.4. The zero-order valence-electron chi connectivity index (χ0n) is 15.3. The largest absolute Gasteiger partial charge is 0.522 e. The Hall–Kier alpha value is -0.706. The van der Waals surface area contributed by atoms with Crippen molar-refractivity contribution in [2.24, 2.45) is 0 Å². The fourth-order valence-electron chi connectivity index (χ4n) is 2.95. The second-order valence-electron chi connectivity index (χ2n) is 5.77. The third-order valence-electron chi connectivity index (χ3n) is 3.93. The molecule has 0 fully saturated rings. The van der Waals surface area contributed by atoms with Gasteiger partial charge in [-0.05, 0) is 57.9 Å². The predicted octanol–water partition coefficient (Wildman–Crippen LogP) is 3.43. The predicted molar refractivity (Wildman–Crippen MR) is 98.6 cm³/mol. The quantitative estimate of drug-likeness (QED) is 0.591. The summed E-state index contributed by atoms with van der Waals surface area (Å²) in [5, 5.41) is 0. The maximum Gasteiger partial charge on any atom is 0.500 e. The lowest BCUT2D eigenvalue weighted by molar-refractivity contribution is 0.0708. The maximum atomic E-state index is 5.91. The molecule has 1 heterocycles. The van der Waals surface area contributed by atoms with Crippen LogP contribution < -0.4 is 4.43 Å². The van der Waals surface area contributed by atoms with Gasteiger partial charge in [0.25, 0.3) is 0 Å². The van der Waals surface area contributed by atoms with Gasteiger partial charge in [0.2, 0.25) is 0 Å². The Bertz CT molecular complexity index is 495. The Morgan fingerprint density at radius 2 is 1.75 bits per heavy atom. The van der Waals surface area contributed by atoms with E-state index in [1.165, 1.54) is 5.56 Å². The highest BCUT2D eigenvalue weighted by Crippen LogP contribution is 2.27. The molecular formula is C17H30O5Si2. The first-order chi connectivity index (χ1) is 11.6. The number of fused-ring (bicyclic) bond motifs is 1. The van der Waals surface area contributed by atoms with Gasteiger partial charge in [-0.15, -0.1) is 0 Å². The van der Waals surface area contributed by atoms with Crippen LogP contribution in [0.25, 0.3) is 0 Å². The molecule has 136 valence electrons. The van der Waals surface area contributed by atoms with Crippen LogP contribution in [0, 0.1) is 0 Å². The Kier molecular flexibility index (Phi) is 7.92. The Balaban J connectivity index is 1.94. The van der Waals surface area contributed by atoms with Crippen LogP contribution in [0.15, 0.2) is 18.2 Å². The molecule has 0 radical (unpaired) electrons. The molecule has 0 saturated carbocycles. The fourth-order valence-corrected chi connectivity index (χ4v) is 6.63. The Morgan fingerprint density at radius 3 is 2.38 bits per heavy atom. The van der Waals surface area contributed by atoms with Crippen molar-refractivity contribution in [3.63, 3.8) is 0 Å². The van der Waals surface area contributed by atoms with E-state index in [1.807, 2.05) is 20.8 Å². The van der Waals surface area contributed by atoms with Crippen LogP contribution in [-0.2, 0) is 30.7 Å². The van der Waals surface area contributed by atoms with Gasteiger partial charge in [0, 0.05) is 31.4 Å². The highest BCUT2D eigenvalue weighted by atomic mass is 28.4. The molecule has 0 spiro atoms. The molecule has 0 aliphatic carbocycles. The third kappa shape index (κ3) is 5.40. The molecule has 1 atom stereocenters. The van der Waals surface area contributed by atoms with E-state index in [9.17, 15) is 0 Å². The van der Waals surface area contributed by atoms with Crippen molar-refractivity contribution in [2.75, 3.05) is 19.8 Å². The van der Waals surface area contributed by atoms with Crippen molar-refractivity contribution in [2.45, 2.75) is 52.8 Å². The number of benzene rings is 1. The first-order valence-corrected chi connectivity index (χ1v) is 13.0. The molecule has 1 aromatic rings. The minimum Gasteiger partial charge on any atom is -0.522 e. The van der Waals surface area contributed by atoms with Crippen LogP contribution in [0.2, 0.25) is 12.6 Å². The zero-order chi connectivity index (χ0) is 17.4. The highest BCUT2D eigenvalue weighted by Gasteiger charge is 2.39. The van der Waals surface area contributed by atoms with Gasteiger partial charge in [-0.25, -0.2) is 0 Å².